The molecule has 1 N–H and O–H groups in total. The summed E-state index contributed by atoms with van der Waals surface area (Å²) in [7, 11) is 5.73. The van der Waals surface area contributed by atoms with Gasteiger partial charge in [0, 0.05) is 37.6 Å². The van der Waals surface area contributed by atoms with Crippen molar-refractivity contribution < 1.29 is 9.53 Å². The van der Waals surface area contributed by atoms with Crippen LogP contribution in [0.5, 0.6) is 5.75 Å². The Morgan fingerprint density at radius 3 is 2.33 bits per heavy atom. The van der Waals surface area contributed by atoms with Crippen LogP contribution in [0.15, 0.2) is 48.5 Å². The molecule has 33 heavy (non-hydrogen) atoms. The fraction of sp³-hybridized carbons (Fsp3) is 0.464. The molecule has 0 aliphatic carbocycles. The van der Waals surface area contributed by atoms with E-state index in [0.717, 1.165) is 68.8 Å². The standard InChI is InChI=1S/C28H41N3O2/c1-6-8-19-31(20-9-7-2)24-15-17-28(33-5)25(22-24)27(32)16-14-23-12-10-11-13-26(23)29-18-21-30(3)4/h10-17,22,29H,6-9,18-21H2,1-5H3. The van der Waals surface area contributed by atoms with Crippen molar-refractivity contribution >= 4 is 23.2 Å². The summed E-state index contributed by atoms with van der Waals surface area (Å²) in [5.74, 6) is 0.555. The molecule has 0 heterocycles. The predicted molar refractivity (Wildman–Crippen MR) is 142 cm³/mol. The summed E-state index contributed by atoms with van der Waals surface area (Å²) in [5, 5.41) is 3.46. The summed E-state index contributed by atoms with van der Waals surface area (Å²) in [6, 6.07) is 14.0. The summed E-state index contributed by atoms with van der Waals surface area (Å²) in [4.78, 5) is 17.7. The van der Waals surface area contributed by atoms with Crippen LogP contribution in [-0.2, 0) is 0 Å². The number of hydrogen-bond acceptors (Lipinski definition) is 5. The van der Waals surface area contributed by atoms with E-state index < -0.39 is 0 Å². The molecule has 0 amide bonds. The quantitative estimate of drug-likeness (QED) is 0.267. The molecule has 2 rings (SSSR count). The van der Waals surface area contributed by atoms with Gasteiger partial charge in [-0.3, -0.25) is 4.79 Å². The van der Waals surface area contributed by atoms with E-state index in [1.807, 2.05) is 42.5 Å². The number of methoxy groups -OCH3 is 1. The van der Waals surface area contributed by atoms with Gasteiger partial charge in [0.25, 0.3) is 0 Å². The Morgan fingerprint density at radius 1 is 1.00 bits per heavy atom. The lowest BCUT2D eigenvalue weighted by molar-refractivity contribution is 0.104. The van der Waals surface area contributed by atoms with E-state index in [9.17, 15) is 4.79 Å². The van der Waals surface area contributed by atoms with Crippen LogP contribution in [0, 0.1) is 0 Å². The van der Waals surface area contributed by atoms with Crippen LogP contribution in [0.2, 0.25) is 0 Å². The topological polar surface area (TPSA) is 44.8 Å². The second-order valence-corrected chi connectivity index (χ2v) is 8.59. The van der Waals surface area contributed by atoms with Gasteiger partial charge in [-0.05, 0) is 68.9 Å². The van der Waals surface area contributed by atoms with E-state index in [2.05, 4.69) is 49.1 Å². The Morgan fingerprint density at radius 2 is 1.70 bits per heavy atom. The van der Waals surface area contributed by atoms with Crippen molar-refractivity contribution in [3.8, 4) is 5.75 Å². The van der Waals surface area contributed by atoms with Crippen LogP contribution in [0.25, 0.3) is 6.08 Å². The number of likely N-dealkylation sites (N-methyl/N-ethyl adjacent to an activating group) is 1. The first-order valence-corrected chi connectivity index (χ1v) is 12.1. The smallest absolute Gasteiger partial charge is 0.189 e. The first-order valence-electron chi connectivity index (χ1n) is 12.1. The van der Waals surface area contributed by atoms with Crippen molar-refractivity contribution in [3.05, 3.63) is 59.7 Å². The molecule has 0 aromatic heterocycles. The number of carbonyl (C=O) groups excluding carboxylic acids is 1. The molecule has 0 spiro atoms. The summed E-state index contributed by atoms with van der Waals surface area (Å²) >= 11 is 0. The summed E-state index contributed by atoms with van der Waals surface area (Å²) in [5.41, 5.74) is 3.70. The molecule has 5 nitrogen and oxygen atoms in total. The fourth-order valence-electron chi connectivity index (χ4n) is 3.63. The Labute approximate surface area is 200 Å². The van der Waals surface area contributed by atoms with Crippen LogP contribution in [0.1, 0.15) is 55.5 Å². The van der Waals surface area contributed by atoms with Crippen LogP contribution in [0.4, 0.5) is 11.4 Å². The second kappa shape index (κ2) is 14.4. The van der Waals surface area contributed by atoms with E-state index in [0.29, 0.717) is 11.3 Å². The SMILES string of the molecule is CCCCN(CCCC)c1ccc(OC)c(C(=O)C=Cc2ccccc2NCCN(C)C)c1. The van der Waals surface area contributed by atoms with E-state index in [1.54, 1.807) is 13.2 Å². The third kappa shape index (κ3) is 8.58. The molecule has 0 radical (unpaired) electrons. The number of benzene rings is 2. The minimum Gasteiger partial charge on any atom is -0.496 e. The Hall–Kier alpha value is -2.79. The highest BCUT2D eigenvalue weighted by molar-refractivity contribution is 6.09. The predicted octanol–water partition coefficient (Wildman–Crippen LogP) is 5.97. The average Bonchev–Trinajstić information content (AvgIpc) is 2.82. The number of rotatable bonds is 15. The largest absolute Gasteiger partial charge is 0.496 e. The molecule has 0 saturated carbocycles. The van der Waals surface area contributed by atoms with Gasteiger partial charge in [-0.1, -0.05) is 44.9 Å². The minimum atomic E-state index is -0.0530. The molecule has 0 aliphatic heterocycles. The number of hydrogen-bond donors (Lipinski definition) is 1. The third-order valence-electron chi connectivity index (χ3n) is 5.63. The van der Waals surface area contributed by atoms with E-state index in [-0.39, 0.29) is 5.78 Å². The Balaban J connectivity index is 2.24. The highest BCUT2D eigenvalue weighted by atomic mass is 16.5. The zero-order chi connectivity index (χ0) is 24.1. The van der Waals surface area contributed by atoms with Gasteiger partial charge < -0.3 is 19.9 Å². The summed E-state index contributed by atoms with van der Waals surface area (Å²) in [6.07, 6.45) is 8.10. The molecule has 2 aromatic carbocycles. The molecular formula is C28H41N3O2. The number of anilines is 2. The van der Waals surface area contributed by atoms with Gasteiger partial charge in [0.2, 0.25) is 0 Å². The number of nitrogens with one attached hydrogen (secondary N) is 1. The summed E-state index contributed by atoms with van der Waals surface area (Å²) < 4.78 is 5.52. The molecule has 0 saturated heterocycles. The zero-order valence-electron chi connectivity index (χ0n) is 21.1. The maximum Gasteiger partial charge on any atom is 0.189 e. The normalized spacial score (nSPS) is 11.2. The number of allylic oxidation sites excluding steroid dienone is 1. The number of ether oxygens (including phenoxy) is 1. The van der Waals surface area contributed by atoms with Gasteiger partial charge >= 0.3 is 0 Å². The van der Waals surface area contributed by atoms with Crippen molar-refractivity contribution in [1.82, 2.24) is 4.90 Å². The van der Waals surface area contributed by atoms with E-state index in [1.165, 1.54) is 0 Å². The number of para-hydroxylation sites is 1. The number of unbranched alkanes of at least 4 members (excludes halogenated alkanes) is 2. The third-order valence-corrected chi connectivity index (χ3v) is 5.63. The first kappa shape index (κ1) is 26.5. The van der Waals surface area contributed by atoms with Gasteiger partial charge in [-0.25, -0.2) is 0 Å². The number of nitrogens with zero attached hydrogens (tertiary/aromatic N) is 2. The van der Waals surface area contributed by atoms with Gasteiger partial charge in [0.05, 0.1) is 12.7 Å². The minimum absolute atomic E-state index is 0.0530. The number of ketones is 1. The maximum atomic E-state index is 13.2. The first-order chi connectivity index (χ1) is 16.0. The molecule has 0 unspecified atom stereocenters. The highest BCUT2D eigenvalue weighted by Gasteiger charge is 2.14. The molecule has 2 aromatic rings. The van der Waals surface area contributed by atoms with Crippen LogP contribution < -0.4 is 15.0 Å². The van der Waals surface area contributed by atoms with Gasteiger partial charge in [0.1, 0.15) is 5.75 Å². The molecule has 0 aliphatic rings. The molecular weight excluding hydrogens is 410 g/mol. The lowest BCUT2D eigenvalue weighted by atomic mass is 10.1. The monoisotopic (exact) mass is 451 g/mol. The van der Waals surface area contributed by atoms with Gasteiger partial charge in [0.15, 0.2) is 5.78 Å². The van der Waals surface area contributed by atoms with Crippen molar-refractivity contribution in [1.29, 1.82) is 0 Å². The fourth-order valence-corrected chi connectivity index (χ4v) is 3.63. The average molecular weight is 452 g/mol. The molecule has 0 atom stereocenters. The van der Waals surface area contributed by atoms with Gasteiger partial charge in [-0.15, -0.1) is 0 Å². The van der Waals surface area contributed by atoms with Crippen molar-refractivity contribution in [2.24, 2.45) is 0 Å². The molecule has 180 valence electrons. The van der Waals surface area contributed by atoms with E-state index >= 15 is 0 Å². The van der Waals surface area contributed by atoms with Gasteiger partial charge in [-0.2, -0.15) is 0 Å². The maximum absolute atomic E-state index is 13.2. The van der Waals surface area contributed by atoms with Crippen LogP contribution in [0.3, 0.4) is 0 Å². The van der Waals surface area contributed by atoms with Crippen molar-refractivity contribution in [2.75, 3.05) is 57.6 Å². The lowest BCUT2D eigenvalue weighted by Crippen LogP contribution is -2.25. The van der Waals surface area contributed by atoms with Crippen LogP contribution in [-0.4, -0.2) is 58.1 Å². The molecule has 0 fully saturated rings. The lowest BCUT2D eigenvalue weighted by Gasteiger charge is -2.25. The number of carbonyl (C=O) groups is 1. The van der Waals surface area contributed by atoms with Crippen molar-refractivity contribution in [3.63, 3.8) is 0 Å². The highest BCUT2D eigenvalue weighted by Crippen LogP contribution is 2.27. The Bertz CT molecular complexity index is 884. The zero-order valence-corrected chi connectivity index (χ0v) is 21.1. The van der Waals surface area contributed by atoms with Crippen LogP contribution >= 0.6 is 0 Å². The molecule has 0 bridgehead atoms. The molecule has 5 heteroatoms. The summed E-state index contributed by atoms with van der Waals surface area (Å²) in [6.45, 7) is 8.19. The second-order valence-electron chi connectivity index (χ2n) is 8.59. The van der Waals surface area contributed by atoms with E-state index in [4.69, 9.17) is 4.74 Å². The Kier molecular flexibility index (Phi) is 11.5. The van der Waals surface area contributed by atoms with Crippen molar-refractivity contribution in [2.45, 2.75) is 39.5 Å².